The summed E-state index contributed by atoms with van der Waals surface area (Å²) in [7, 11) is 3.52. The zero-order valence-electron chi connectivity index (χ0n) is 18.3. The van der Waals surface area contributed by atoms with Crippen LogP contribution in [0.25, 0.3) is 0 Å². The number of fused-ring (bicyclic) bond motifs is 1. The average molecular weight is 413 g/mol. The van der Waals surface area contributed by atoms with Crippen LogP contribution in [0.15, 0.2) is 30.3 Å². The highest BCUT2D eigenvalue weighted by molar-refractivity contribution is 5.94. The maximum atomic E-state index is 13.5. The molecule has 3 fully saturated rings. The van der Waals surface area contributed by atoms with E-state index in [9.17, 15) is 14.4 Å². The van der Waals surface area contributed by atoms with E-state index < -0.39 is 5.41 Å². The van der Waals surface area contributed by atoms with Crippen molar-refractivity contribution in [2.45, 2.75) is 26.2 Å². The Morgan fingerprint density at radius 2 is 1.63 bits per heavy atom. The Balaban J connectivity index is 1.58. The summed E-state index contributed by atoms with van der Waals surface area (Å²) in [5.74, 6) is 0.244. The minimum atomic E-state index is -0.517. The first-order valence-electron chi connectivity index (χ1n) is 10.9. The molecule has 3 saturated heterocycles. The van der Waals surface area contributed by atoms with Crippen LogP contribution in [0.5, 0.6) is 0 Å². The van der Waals surface area contributed by atoms with Crippen molar-refractivity contribution in [2.75, 3.05) is 53.4 Å². The van der Waals surface area contributed by atoms with Crippen molar-refractivity contribution in [1.82, 2.24) is 19.6 Å². The van der Waals surface area contributed by atoms with Gasteiger partial charge in [0.25, 0.3) is 5.91 Å². The highest BCUT2D eigenvalue weighted by Gasteiger charge is 2.66. The summed E-state index contributed by atoms with van der Waals surface area (Å²) in [4.78, 5) is 46.5. The van der Waals surface area contributed by atoms with E-state index in [1.165, 1.54) is 0 Å². The molecule has 2 spiro atoms. The van der Waals surface area contributed by atoms with Crippen LogP contribution in [0.2, 0.25) is 0 Å². The second kappa shape index (κ2) is 7.60. The maximum Gasteiger partial charge on any atom is 0.319 e. The third-order valence-corrected chi connectivity index (χ3v) is 7.54. The van der Waals surface area contributed by atoms with Crippen molar-refractivity contribution >= 4 is 17.8 Å². The Kier molecular flexibility index (Phi) is 5.24. The van der Waals surface area contributed by atoms with Gasteiger partial charge in [0, 0.05) is 64.3 Å². The van der Waals surface area contributed by atoms with Gasteiger partial charge in [-0.1, -0.05) is 18.2 Å². The van der Waals surface area contributed by atoms with Crippen LogP contribution in [0.1, 0.15) is 36.5 Å². The molecule has 162 valence electrons. The fraction of sp³-hybridized carbons (Fsp3) is 0.609. The standard InChI is InChI=1S/C23H32N4O3/c1-4-25-15-12-23(20(25)29)17-27(21(30)24(2)3)16-22(23)10-13-26(14-11-22)19(28)18-8-6-5-7-9-18/h5-9H,4,10-17H2,1-3H3/t23-/m1/s1. The van der Waals surface area contributed by atoms with E-state index in [1.807, 2.05) is 52.0 Å². The molecule has 3 heterocycles. The highest BCUT2D eigenvalue weighted by Crippen LogP contribution is 2.58. The summed E-state index contributed by atoms with van der Waals surface area (Å²) >= 11 is 0. The molecule has 4 amide bonds. The number of carbonyl (C=O) groups excluding carboxylic acids is 3. The molecule has 3 aliphatic rings. The third-order valence-electron chi connectivity index (χ3n) is 7.54. The number of benzene rings is 1. The van der Waals surface area contributed by atoms with Gasteiger partial charge in [-0.2, -0.15) is 0 Å². The van der Waals surface area contributed by atoms with E-state index in [2.05, 4.69) is 0 Å². The van der Waals surface area contributed by atoms with Crippen LogP contribution >= 0.6 is 0 Å². The molecule has 30 heavy (non-hydrogen) atoms. The molecule has 3 aliphatic heterocycles. The number of likely N-dealkylation sites (tertiary alicyclic amines) is 3. The Morgan fingerprint density at radius 1 is 0.967 bits per heavy atom. The zero-order valence-corrected chi connectivity index (χ0v) is 18.3. The summed E-state index contributed by atoms with van der Waals surface area (Å²) < 4.78 is 0. The normalized spacial score (nSPS) is 25.4. The van der Waals surface area contributed by atoms with Crippen LogP contribution in [-0.2, 0) is 4.79 Å². The van der Waals surface area contributed by atoms with Gasteiger partial charge < -0.3 is 19.6 Å². The lowest BCUT2D eigenvalue weighted by Crippen LogP contribution is -2.53. The van der Waals surface area contributed by atoms with E-state index in [1.54, 1.807) is 19.0 Å². The first-order valence-corrected chi connectivity index (χ1v) is 10.9. The number of piperidine rings is 1. The number of carbonyl (C=O) groups is 3. The van der Waals surface area contributed by atoms with Gasteiger partial charge >= 0.3 is 6.03 Å². The SMILES string of the molecule is CCN1CC[C@@]2(CN(C(=O)N(C)C)CC23CCN(C(=O)c2ccccc2)CC3)C1=O. The van der Waals surface area contributed by atoms with Gasteiger partial charge in [-0.05, 0) is 38.3 Å². The minimum absolute atomic E-state index is 0.0307. The van der Waals surface area contributed by atoms with Crippen LogP contribution in [0.4, 0.5) is 4.79 Å². The van der Waals surface area contributed by atoms with Gasteiger partial charge in [0.15, 0.2) is 0 Å². The smallest absolute Gasteiger partial charge is 0.319 e. The molecule has 4 rings (SSSR count). The molecule has 7 heteroatoms. The molecule has 0 aromatic heterocycles. The lowest BCUT2D eigenvalue weighted by molar-refractivity contribution is -0.141. The number of hydrogen-bond acceptors (Lipinski definition) is 3. The Morgan fingerprint density at radius 3 is 2.20 bits per heavy atom. The number of nitrogens with zero attached hydrogens (tertiary/aromatic N) is 4. The molecule has 1 atom stereocenters. The van der Waals surface area contributed by atoms with E-state index in [4.69, 9.17) is 0 Å². The molecular formula is C23H32N4O3. The maximum absolute atomic E-state index is 13.5. The molecule has 0 radical (unpaired) electrons. The fourth-order valence-corrected chi connectivity index (χ4v) is 5.80. The summed E-state index contributed by atoms with van der Waals surface area (Å²) in [6.45, 7) is 5.82. The van der Waals surface area contributed by atoms with Gasteiger partial charge in [0.2, 0.25) is 5.91 Å². The molecule has 1 aromatic carbocycles. The fourth-order valence-electron chi connectivity index (χ4n) is 5.80. The van der Waals surface area contributed by atoms with Crippen molar-refractivity contribution < 1.29 is 14.4 Å². The van der Waals surface area contributed by atoms with Crippen LogP contribution < -0.4 is 0 Å². The molecule has 0 bridgehead atoms. The van der Waals surface area contributed by atoms with E-state index in [-0.39, 0.29) is 23.3 Å². The zero-order chi connectivity index (χ0) is 21.5. The van der Waals surface area contributed by atoms with Crippen LogP contribution in [0.3, 0.4) is 0 Å². The van der Waals surface area contributed by atoms with E-state index >= 15 is 0 Å². The summed E-state index contributed by atoms with van der Waals surface area (Å²) in [6.07, 6.45) is 2.31. The molecule has 0 aliphatic carbocycles. The second-order valence-electron chi connectivity index (χ2n) is 9.19. The Hall–Kier alpha value is -2.57. The van der Waals surface area contributed by atoms with Crippen LogP contribution in [0, 0.1) is 10.8 Å². The molecule has 0 unspecified atom stereocenters. The van der Waals surface area contributed by atoms with Gasteiger partial charge in [0.05, 0.1) is 5.41 Å². The quantitative estimate of drug-likeness (QED) is 0.748. The lowest BCUT2D eigenvalue weighted by atomic mass is 9.60. The highest BCUT2D eigenvalue weighted by atomic mass is 16.2. The van der Waals surface area contributed by atoms with Crippen LogP contribution in [-0.4, -0.2) is 90.8 Å². The van der Waals surface area contributed by atoms with E-state index in [0.29, 0.717) is 38.3 Å². The monoisotopic (exact) mass is 412 g/mol. The van der Waals surface area contributed by atoms with Crippen molar-refractivity contribution in [1.29, 1.82) is 0 Å². The van der Waals surface area contributed by atoms with Gasteiger partial charge in [-0.3, -0.25) is 9.59 Å². The van der Waals surface area contributed by atoms with E-state index in [0.717, 1.165) is 25.8 Å². The van der Waals surface area contributed by atoms with Crippen molar-refractivity contribution in [3.63, 3.8) is 0 Å². The van der Waals surface area contributed by atoms with Gasteiger partial charge in [0.1, 0.15) is 0 Å². The summed E-state index contributed by atoms with van der Waals surface area (Å²) in [5.41, 5.74) is -0.0722. The molecule has 7 nitrogen and oxygen atoms in total. The molecule has 0 saturated carbocycles. The van der Waals surface area contributed by atoms with Crippen molar-refractivity contribution in [2.24, 2.45) is 10.8 Å². The number of urea groups is 1. The molecule has 0 N–H and O–H groups in total. The first-order chi connectivity index (χ1) is 14.3. The minimum Gasteiger partial charge on any atom is -0.342 e. The largest absolute Gasteiger partial charge is 0.342 e. The lowest BCUT2D eigenvalue weighted by Gasteiger charge is -2.46. The molecular weight excluding hydrogens is 380 g/mol. The molecule has 1 aromatic rings. The Labute approximate surface area is 178 Å². The number of amides is 4. The predicted molar refractivity (Wildman–Crippen MR) is 114 cm³/mol. The summed E-state index contributed by atoms with van der Waals surface area (Å²) in [5, 5.41) is 0. The Bertz CT molecular complexity index is 832. The topological polar surface area (TPSA) is 64.2 Å². The number of hydrogen-bond donors (Lipinski definition) is 0. The second-order valence-corrected chi connectivity index (χ2v) is 9.19. The number of rotatable bonds is 2. The van der Waals surface area contributed by atoms with Crippen molar-refractivity contribution in [3.05, 3.63) is 35.9 Å². The predicted octanol–water partition coefficient (Wildman–Crippen LogP) is 2.14. The first kappa shape index (κ1) is 20.7. The van der Waals surface area contributed by atoms with Gasteiger partial charge in [-0.15, -0.1) is 0 Å². The average Bonchev–Trinajstić information content (AvgIpc) is 3.26. The van der Waals surface area contributed by atoms with Gasteiger partial charge in [-0.25, -0.2) is 4.79 Å². The van der Waals surface area contributed by atoms with Crippen molar-refractivity contribution in [3.8, 4) is 0 Å². The summed E-state index contributed by atoms with van der Waals surface area (Å²) in [6, 6.07) is 9.34. The third kappa shape index (κ3) is 3.06.